The summed E-state index contributed by atoms with van der Waals surface area (Å²) >= 11 is 0. The number of carboxylic acid groups (broad SMARTS) is 1. The highest BCUT2D eigenvalue weighted by Crippen LogP contribution is 2.38. The Morgan fingerprint density at radius 1 is 1.09 bits per heavy atom. The maximum absolute atomic E-state index is 10.9. The number of rotatable bonds is 10. The fourth-order valence-electron chi connectivity index (χ4n) is 4.35. The van der Waals surface area contributed by atoms with Gasteiger partial charge >= 0.3 is 5.97 Å². The molecule has 0 spiro atoms. The van der Waals surface area contributed by atoms with Crippen molar-refractivity contribution < 1.29 is 19.5 Å². The van der Waals surface area contributed by atoms with Crippen LogP contribution in [0.3, 0.4) is 0 Å². The highest BCUT2D eigenvalue weighted by Gasteiger charge is 2.23. The molecule has 6 heteroatoms. The van der Waals surface area contributed by atoms with Crippen LogP contribution in [0.25, 0.3) is 0 Å². The molecular weight excluding hydrogens is 404 g/mol. The standard InChI is InChI=1S/C26H28N2O4/c29-25(30)18-31-24-13-5-11-22-19(9-4-12-23(22)24)14-16-32-28-26(20-7-2-1-3-8-20)21-10-6-15-27-17-21/h1-3,5-8,10-11,13,15,17,19,26,28H,4,9,12,14,16,18H2,(H,29,30). The summed E-state index contributed by atoms with van der Waals surface area (Å²) in [5, 5.41) is 8.93. The summed E-state index contributed by atoms with van der Waals surface area (Å²) in [5.41, 5.74) is 7.77. The molecule has 32 heavy (non-hydrogen) atoms. The van der Waals surface area contributed by atoms with Gasteiger partial charge < -0.3 is 14.7 Å². The number of aromatic nitrogens is 1. The highest BCUT2D eigenvalue weighted by molar-refractivity contribution is 5.68. The van der Waals surface area contributed by atoms with Gasteiger partial charge in [0, 0.05) is 12.4 Å². The average Bonchev–Trinajstić information content (AvgIpc) is 2.84. The van der Waals surface area contributed by atoms with E-state index in [0.29, 0.717) is 18.3 Å². The third kappa shape index (κ3) is 5.52. The van der Waals surface area contributed by atoms with Gasteiger partial charge in [-0.2, -0.15) is 5.48 Å². The van der Waals surface area contributed by atoms with Gasteiger partial charge in [0.25, 0.3) is 0 Å². The monoisotopic (exact) mass is 432 g/mol. The number of hydrogen-bond donors (Lipinski definition) is 2. The van der Waals surface area contributed by atoms with E-state index in [4.69, 9.17) is 14.7 Å². The third-order valence-electron chi connectivity index (χ3n) is 5.86. The minimum atomic E-state index is -0.962. The number of nitrogens with one attached hydrogen (secondary N) is 1. The van der Waals surface area contributed by atoms with Gasteiger partial charge in [0.05, 0.1) is 12.6 Å². The van der Waals surface area contributed by atoms with Gasteiger partial charge in [-0.1, -0.05) is 48.5 Å². The van der Waals surface area contributed by atoms with Crippen LogP contribution in [0.15, 0.2) is 73.1 Å². The van der Waals surface area contributed by atoms with E-state index in [9.17, 15) is 4.79 Å². The molecule has 6 nitrogen and oxygen atoms in total. The number of aliphatic carboxylic acids is 1. The van der Waals surface area contributed by atoms with Crippen molar-refractivity contribution in [1.29, 1.82) is 0 Å². The molecule has 2 N–H and O–H groups in total. The molecule has 3 aromatic rings. The van der Waals surface area contributed by atoms with Crippen LogP contribution < -0.4 is 10.2 Å². The van der Waals surface area contributed by atoms with Gasteiger partial charge in [-0.25, -0.2) is 4.79 Å². The summed E-state index contributed by atoms with van der Waals surface area (Å²) in [6, 6.07) is 20.0. The first-order valence-corrected chi connectivity index (χ1v) is 11.0. The highest BCUT2D eigenvalue weighted by atomic mass is 16.6. The van der Waals surface area contributed by atoms with Crippen molar-refractivity contribution >= 4 is 5.97 Å². The molecule has 1 aliphatic rings. The van der Waals surface area contributed by atoms with E-state index in [2.05, 4.69) is 28.7 Å². The minimum Gasteiger partial charge on any atom is -0.482 e. The van der Waals surface area contributed by atoms with Crippen molar-refractivity contribution in [3.63, 3.8) is 0 Å². The lowest BCUT2D eigenvalue weighted by Crippen LogP contribution is -2.24. The molecule has 2 aromatic carbocycles. The second-order valence-corrected chi connectivity index (χ2v) is 7.98. The van der Waals surface area contributed by atoms with Crippen molar-refractivity contribution in [2.45, 2.75) is 37.6 Å². The molecule has 0 radical (unpaired) electrons. The zero-order valence-corrected chi connectivity index (χ0v) is 17.9. The largest absolute Gasteiger partial charge is 0.482 e. The van der Waals surface area contributed by atoms with Crippen LogP contribution in [0.1, 0.15) is 53.5 Å². The molecule has 0 saturated carbocycles. The minimum absolute atomic E-state index is 0.0976. The van der Waals surface area contributed by atoms with Crippen LogP contribution in [0.2, 0.25) is 0 Å². The molecule has 0 bridgehead atoms. The van der Waals surface area contributed by atoms with Crippen molar-refractivity contribution in [1.82, 2.24) is 10.5 Å². The molecule has 4 rings (SSSR count). The Morgan fingerprint density at radius 2 is 1.94 bits per heavy atom. The summed E-state index contributed by atoms with van der Waals surface area (Å²) in [7, 11) is 0. The van der Waals surface area contributed by atoms with E-state index in [1.54, 1.807) is 6.20 Å². The predicted octanol–water partition coefficient (Wildman–Crippen LogP) is 4.67. The number of fused-ring (bicyclic) bond motifs is 1. The van der Waals surface area contributed by atoms with Crippen LogP contribution in [0, 0.1) is 0 Å². The van der Waals surface area contributed by atoms with E-state index >= 15 is 0 Å². The summed E-state index contributed by atoms with van der Waals surface area (Å²) < 4.78 is 5.52. The topological polar surface area (TPSA) is 80.7 Å². The zero-order valence-electron chi connectivity index (χ0n) is 17.9. The van der Waals surface area contributed by atoms with Gasteiger partial charge in [0.1, 0.15) is 5.75 Å². The third-order valence-corrected chi connectivity index (χ3v) is 5.86. The van der Waals surface area contributed by atoms with Crippen molar-refractivity contribution in [3.8, 4) is 5.75 Å². The fourth-order valence-corrected chi connectivity index (χ4v) is 4.35. The number of carbonyl (C=O) groups is 1. The molecular formula is C26H28N2O4. The van der Waals surface area contributed by atoms with Gasteiger partial charge in [0.15, 0.2) is 6.61 Å². The molecule has 0 fully saturated rings. The van der Waals surface area contributed by atoms with Crippen molar-refractivity contribution in [2.75, 3.05) is 13.2 Å². The molecule has 166 valence electrons. The lowest BCUT2D eigenvalue weighted by Gasteiger charge is -2.27. The van der Waals surface area contributed by atoms with E-state index in [0.717, 1.165) is 42.4 Å². The number of benzene rings is 2. The quantitative estimate of drug-likeness (QED) is 0.358. The number of hydroxylamine groups is 1. The normalized spacial score (nSPS) is 16.2. The Balaban J connectivity index is 1.38. The number of nitrogens with zero attached hydrogens (tertiary/aromatic N) is 1. The summed E-state index contributed by atoms with van der Waals surface area (Å²) in [6.45, 7) is 0.247. The lowest BCUT2D eigenvalue weighted by atomic mass is 9.81. The predicted molar refractivity (Wildman–Crippen MR) is 121 cm³/mol. The number of ether oxygens (including phenoxy) is 1. The molecule has 1 aromatic heterocycles. The summed E-state index contributed by atoms with van der Waals surface area (Å²) in [4.78, 5) is 21.1. The maximum atomic E-state index is 10.9. The van der Waals surface area contributed by atoms with Crippen LogP contribution in [0.4, 0.5) is 0 Å². The van der Waals surface area contributed by atoms with Gasteiger partial charge in [-0.05, 0) is 66.0 Å². The Morgan fingerprint density at radius 3 is 2.72 bits per heavy atom. The van der Waals surface area contributed by atoms with Gasteiger partial charge in [-0.3, -0.25) is 4.98 Å². The first kappa shape index (κ1) is 22.0. The van der Waals surface area contributed by atoms with E-state index in [1.807, 2.05) is 48.7 Å². The van der Waals surface area contributed by atoms with Crippen molar-refractivity contribution in [2.24, 2.45) is 0 Å². The number of carboxylic acids is 1. The SMILES string of the molecule is O=C(O)COc1cccc2c1CCCC2CCONC(c1ccccc1)c1cccnc1. The second kappa shape index (κ2) is 10.9. The Labute approximate surface area is 188 Å². The molecule has 2 atom stereocenters. The van der Waals surface area contributed by atoms with Crippen molar-refractivity contribution in [3.05, 3.63) is 95.3 Å². The van der Waals surface area contributed by atoms with E-state index < -0.39 is 5.97 Å². The second-order valence-electron chi connectivity index (χ2n) is 7.98. The zero-order chi connectivity index (χ0) is 22.2. The van der Waals surface area contributed by atoms with Crippen LogP contribution in [-0.4, -0.2) is 29.3 Å². The van der Waals surface area contributed by atoms with Crippen LogP contribution in [0.5, 0.6) is 5.75 Å². The van der Waals surface area contributed by atoms with Gasteiger partial charge in [0.2, 0.25) is 0 Å². The van der Waals surface area contributed by atoms with Gasteiger partial charge in [-0.15, -0.1) is 0 Å². The fraction of sp³-hybridized carbons (Fsp3) is 0.308. The Kier molecular flexibility index (Phi) is 7.48. The lowest BCUT2D eigenvalue weighted by molar-refractivity contribution is -0.139. The van der Waals surface area contributed by atoms with E-state index in [-0.39, 0.29) is 12.6 Å². The smallest absolute Gasteiger partial charge is 0.341 e. The first-order valence-electron chi connectivity index (χ1n) is 11.0. The Hall–Kier alpha value is -3.22. The summed E-state index contributed by atoms with van der Waals surface area (Å²) in [6.07, 6.45) is 7.55. The molecule has 0 amide bonds. The van der Waals surface area contributed by atoms with Crippen LogP contribution >= 0.6 is 0 Å². The summed E-state index contributed by atoms with van der Waals surface area (Å²) in [5.74, 6) is 0.0906. The molecule has 0 aliphatic heterocycles. The number of hydrogen-bond acceptors (Lipinski definition) is 5. The van der Waals surface area contributed by atoms with E-state index in [1.165, 1.54) is 5.56 Å². The molecule has 0 saturated heterocycles. The molecule has 2 unspecified atom stereocenters. The molecule has 1 heterocycles. The first-order chi connectivity index (χ1) is 15.7. The number of pyridine rings is 1. The average molecular weight is 433 g/mol. The molecule has 1 aliphatic carbocycles. The Bertz CT molecular complexity index is 971. The maximum Gasteiger partial charge on any atom is 0.341 e. The van der Waals surface area contributed by atoms with Crippen LogP contribution in [-0.2, 0) is 16.1 Å².